The van der Waals surface area contributed by atoms with E-state index in [1.54, 1.807) is 6.33 Å². The van der Waals surface area contributed by atoms with Gasteiger partial charge in [-0.05, 0) is 19.8 Å². The van der Waals surface area contributed by atoms with Gasteiger partial charge < -0.3 is 10.2 Å². The fourth-order valence-electron chi connectivity index (χ4n) is 1.89. The quantitative estimate of drug-likeness (QED) is 0.839. The number of nitrogens with zero attached hydrogens (tertiary/aromatic N) is 3. The Morgan fingerprint density at radius 2 is 2.33 bits per heavy atom. The molecule has 1 unspecified atom stereocenters. The summed E-state index contributed by atoms with van der Waals surface area (Å²) >= 11 is 0. The summed E-state index contributed by atoms with van der Waals surface area (Å²) in [5.41, 5.74) is 2.14. The fourth-order valence-corrected chi connectivity index (χ4v) is 1.89. The minimum atomic E-state index is 0.124. The molecular weight excluding hydrogens is 228 g/mol. The van der Waals surface area contributed by atoms with Crippen LogP contribution in [0, 0.1) is 0 Å². The maximum Gasteiger partial charge on any atom is 0.150 e. The lowest BCUT2D eigenvalue weighted by molar-refractivity contribution is 0.0948. The molecule has 1 aliphatic rings. The third kappa shape index (κ3) is 3.68. The zero-order valence-corrected chi connectivity index (χ0v) is 11.0. The van der Waals surface area contributed by atoms with E-state index in [1.807, 2.05) is 13.0 Å². The first-order valence-corrected chi connectivity index (χ1v) is 6.52. The topological polar surface area (TPSA) is 59.4 Å². The van der Waals surface area contributed by atoms with E-state index in [2.05, 4.69) is 27.4 Å². The number of oxime groups is 1. The smallest absolute Gasteiger partial charge is 0.150 e. The van der Waals surface area contributed by atoms with Crippen molar-refractivity contribution in [2.45, 2.75) is 45.6 Å². The van der Waals surface area contributed by atoms with Crippen molar-refractivity contribution >= 4 is 11.5 Å². The first-order chi connectivity index (χ1) is 8.78. The first-order valence-electron chi connectivity index (χ1n) is 6.52. The van der Waals surface area contributed by atoms with Crippen LogP contribution in [0.5, 0.6) is 0 Å². The molecule has 0 saturated heterocycles. The van der Waals surface area contributed by atoms with Gasteiger partial charge in [-0.15, -0.1) is 0 Å². The van der Waals surface area contributed by atoms with Gasteiger partial charge in [0.05, 0.1) is 12.3 Å². The molecule has 0 aliphatic carbocycles. The highest BCUT2D eigenvalue weighted by atomic mass is 16.6. The fraction of sp³-hybridized carbons (Fsp3) is 0.615. The van der Waals surface area contributed by atoms with Crippen molar-refractivity contribution in [3.8, 4) is 0 Å². The van der Waals surface area contributed by atoms with Gasteiger partial charge in [0.1, 0.15) is 18.2 Å². The first kappa shape index (κ1) is 12.8. The summed E-state index contributed by atoms with van der Waals surface area (Å²) < 4.78 is 0. The highest BCUT2D eigenvalue weighted by Gasteiger charge is 2.17. The zero-order chi connectivity index (χ0) is 12.8. The molecule has 18 heavy (non-hydrogen) atoms. The number of hydrogen-bond donors (Lipinski definition) is 1. The van der Waals surface area contributed by atoms with Crippen LogP contribution in [0.4, 0.5) is 5.82 Å². The molecule has 2 heterocycles. The maximum absolute atomic E-state index is 5.26. The predicted molar refractivity (Wildman–Crippen MR) is 71.7 cm³/mol. The number of hydrogen-bond acceptors (Lipinski definition) is 5. The molecule has 5 heteroatoms. The molecule has 1 aliphatic heterocycles. The highest BCUT2D eigenvalue weighted by Crippen LogP contribution is 2.12. The molecule has 2 rings (SSSR count). The van der Waals surface area contributed by atoms with E-state index < -0.39 is 0 Å². The Hall–Kier alpha value is -1.65. The molecule has 0 spiro atoms. The van der Waals surface area contributed by atoms with Crippen LogP contribution in [0.25, 0.3) is 0 Å². The van der Waals surface area contributed by atoms with Gasteiger partial charge in [0.15, 0.2) is 0 Å². The largest absolute Gasteiger partial charge is 0.390 e. The average molecular weight is 248 g/mol. The van der Waals surface area contributed by atoms with Crippen LogP contribution in [0.2, 0.25) is 0 Å². The Balaban J connectivity index is 1.82. The highest BCUT2D eigenvalue weighted by molar-refractivity contribution is 5.82. The summed E-state index contributed by atoms with van der Waals surface area (Å²) in [7, 11) is 0. The van der Waals surface area contributed by atoms with Crippen molar-refractivity contribution in [1.29, 1.82) is 0 Å². The third-order valence-corrected chi connectivity index (χ3v) is 2.90. The Kier molecular flexibility index (Phi) is 4.50. The Morgan fingerprint density at radius 1 is 1.44 bits per heavy atom. The molecule has 1 N–H and O–H groups in total. The second-order valence-corrected chi connectivity index (χ2v) is 4.64. The van der Waals surface area contributed by atoms with Crippen LogP contribution in [0.15, 0.2) is 17.5 Å². The monoisotopic (exact) mass is 248 g/mol. The van der Waals surface area contributed by atoms with Crippen molar-refractivity contribution in [2.75, 3.05) is 11.9 Å². The summed E-state index contributed by atoms with van der Waals surface area (Å²) in [6.45, 7) is 4.89. The standard InChI is InChI=1S/C13H20N4O/c1-3-4-5-11-7-13(16-9-15-11)14-8-12-6-10(2)17-18-12/h7,9,12H,3-6,8H2,1-2H3,(H,14,15,16). The number of anilines is 1. The van der Waals surface area contributed by atoms with Crippen LogP contribution < -0.4 is 5.32 Å². The number of unbranched alkanes of at least 4 members (excludes halogenated alkanes) is 1. The van der Waals surface area contributed by atoms with Crippen molar-refractivity contribution in [1.82, 2.24) is 9.97 Å². The molecule has 5 nitrogen and oxygen atoms in total. The average Bonchev–Trinajstić information content (AvgIpc) is 2.80. The molecule has 0 radical (unpaired) electrons. The number of aromatic nitrogens is 2. The molecule has 98 valence electrons. The van der Waals surface area contributed by atoms with E-state index in [0.29, 0.717) is 0 Å². The summed E-state index contributed by atoms with van der Waals surface area (Å²) in [5, 5.41) is 7.21. The van der Waals surface area contributed by atoms with Crippen LogP contribution in [-0.2, 0) is 11.3 Å². The predicted octanol–water partition coefficient (Wildman–Crippen LogP) is 2.40. The normalized spacial score (nSPS) is 18.3. The Morgan fingerprint density at radius 3 is 3.06 bits per heavy atom. The van der Waals surface area contributed by atoms with E-state index >= 15 is 0 Å². The van der Waals surface area contributed by atoms with Crippen molar-refractivity contribution < 1.29 is 4.84 Å². The van der Waals surface area contributed by atoms with E-state index in [-0.39, 0.29) is 6.10 Å². The molecule has 0 aromatic carbocycles. The lowest BCUT2D eigenvalue weighted by Crippen LogP contribution is -2.20. The van der Waals surface area contributed by atoms with Gasteiger partial charge in [0, 0.05) is 18.2 Å². The van der Waals surface area contributed by atoms with Gasteiger partial charge in [0.25, 0.3) is 0 Å². The number of aryl methyl sites for hydroxylation is 1. The maximum atomic E-state index is 5.26. The lowest BCUT2D eigenvalue weighted by atomic mass is 10.2. The summed E-state index contributed by atoms with van der Waals surface area (Å²) in [4.78, 5) is 13.7. The van der Waals surface area contributed by atoms with Crippen LogP contribution in [-0.4, -0.2) is 28.3 Å². The number of rotatable bonds is 6. The van der Waals surface area contributed by atoms with Crippen LogP contribution in [0.3, 0.4) is 0 Å². The van der Waals surface area contributed by atoms with E-state index in [0.717, 1.165) is 43.0 Å². The van der Waals surface area contributed by atoms with Crippen LogP contribution in [0.1, 0.15) is 38.8 Å². The molecule has 0 amide bonds. The van der Waals surface area contributed by atoms with E-state index in [4.69, 9.17) is 4.84 Å². The van der Waals surface area contributed by atoms with Gasteiger partial charge >= 0.3 is 0 Å². The number of nitrogens with one attached hydrogen (secondary N) is 1. The molecular formula is C13H20N4O. The molecule has 1 aromatic heterocycles. The van der Waals surface area contributed by atoms with Gasteiger partial charge in [-0.1, -0.05) is 18.5 Å². The van der Waals surface area contributed by atoms with E-state index in [1.165, 1.54) is 6.42 Å². The van der Waals surface area contributed by atoms with Crippen molar-refractivity contribution in [3.05, 3.63) is 18.1 Å². The van der Waals surface area contributed by atoms with Gasteiger partial charge in [-0.25, -0.2) is 9.97 Å². The van der Waals surface area contributed by atoms with Gasteiger partial charge in [-0.2, -0.15) is 0 Å². The molecule has 0 saturated carbocycles. The molecule has 1 aromatic rings. The minimum Gasteiger partial charge on any atom is -0.390 e. The summed E-state index contributed by atoms with van der Waals surface area (Å²) in [5.74, 6) is 0.865. The second-order valence-electron chi connectivity index (χ2n) is 4.64. The van der Waals surface area contributed by atoms with Gasteiger partial charge in [0.2, 0.25) is 0 Å². The van der Waals surface area contributed by atoms with Crippen molar-refractivity contribution in [3.63, 3.8) is 0 Å². The van der Waals surface area contributed by atoms with Gasteiger partial charge in [-0.3, -0.25) is 0 Å². The molecule has 0 fully saturated rings. The SMILES string of the molecule is CCCCc1cc(NCC2CC(C)=NO2)ncn1. The van der Waals surface area contributed by atoms with Crippen LogP contribution >= 0.6 is 0 Å². The summed E-state index contributed by atoms with van der Waals surface area (Å²) in [6.07, 6.45) is 5.98. The van der Waals surface area contributed by atoms with Crippen molar-refractivity contribution in [2.24, 2.45) is 5.16 Å². The molecule has 0 bridgehead atoms. The molecule has 1 atom stereocenters. The second kappa shape index (κ2) is 6.33. The minimum absolute atomic E-state index is 0.124. The zero-order valence-electron chi connectivity index (χ0n) is 11.0. The summed E-state index contributed by atoms with van der Waals surface area (Å²) in [6, 6.07) is 2.01. The Bertz CT molecular complexity index is 419. The Labute approximate surface area is 108 Å². The lowest BCUT2D eigenvalue weighted by Gasteiger charge is -2.10. The van der Waals surface area contributed by atoms with E-state index in [9.17, 15) is 0 Å². The third-order valence-electron chi connectivity index (χ3n) is 2.90.